The molecule has 0 aromatic carbocycles. The van der Waals surface area contributed by atoms with Crippen LogP contribution in [0, 0.1) is 5.92 Å². The molecule has 0 saturated heterocycles. The lowest BCUT2D eigenvalue weighted by molar-refractivity contribution is 0.492. The fourth-order valence-corrected chi connectivity index (χ4v) is 1.76. The second kappa shape index (κ2) is 6.07. The second-order valence-corrected chi connectivity index (χ2v) is 4.23. The smallest absolute Gasteiger partial charge is 0.0794 e. The number of aromatic nitrogens is 1. The number of rotatable bonds is 6. The molecule has 0 aliphatic rings. The van der Waals surface area contributed by atoms with Gasteiger partial charge < -0.3 is 10.6 Å². The van der Waals surface area contributed by atoms with Gasteiger partial charge in [-0.15, -0.1) is 11.3 Å². The largest absolute Gasteiger partial charge is 0.319 e. The van der Waals surface area contributed by atoms with Gasteiger partial charge in [0.05, 0.1) is 5.51 Å². The summed E-state index contributed by atoms with van der Waals surface area (Å²) < 4.78 is 0. The van der Waals surface area contributed by atoms with Crippen molar-refractivity contribution in [3.8, 4) is 0 Å². The Balaban J connectivity index is 2.07. The minimum Gasteiger partial charge on any atom is -0.319 e. The molecule has 0 spiro atoms. The van der Waals surface area contributed by atoms with Gasteiger partial charge in [-0.05, 0) is 26.1 Å². The summed E-state index contributed by atoms with van der Waals surface area (Å²) in [4.78, 5) is 5.32. The van der Waals surface area contributed by atoms with E-state index in [-0.39, 0.29) is 0 Å². The van der Waals surface area contributed by atoms with Gasteiger partial charge in [-0.1, -0.05) is 6.92 Å². The number of thiazole rings is 1. The standard InChI is InChI=1S/C9H17N3S/c1-8(3-10-2)4-11-5-9-6-12-7-13-9/h6-8,10-11H,3-5H2,1-2H3. The normalized spacial score (nSPS) is 13.1. The van der Waals surface area contributed by atoms with Gasteiger partial charge in [-0.2, -0.15) is 0 Å². The molecule has 13 heavy (non-hydrogen) atoms. The molecule has 0 fully saturated rings. The van der Waals surface area contributed by atoms with Crippen molar-refractivity contribution in [3.63, 3.8) is 0 Å². The summed E-state index contributed by atoms with van der Waals surface area (Å²) in [5.41, 5.74) is 1.87. The molecule has 3 nitrogen and oxygen atoms in total. The van der Waals surface area contributed by atoms with Gasteiger partial charge in [0.15, 0.2) is 0 Å². The van der Waals surface area contributed by atoms with E-state index >= 15 is 0 Å². The van der Waals surface area contributed by atoms with E-state index in [1.807, 2.05) is 18.8 Å². The highest BCUT2D eigenvalue weighted by Gasteiger charge is 1.99. The van der Waals surface area contributed by atoms with Crippen LogP contribution in [0.25, 0.3) is 0 Å². The zero-order valence-electron chi connectivity index (χ0n) is 8.21. The summed E-state index contributed by atoms with van der Waals surface area (Å²) >= 11 is 1.70. The fourth-order valence-electron chi connectivity index (χ4n) is 1.19. The average Bonchev–Trinajstić information content (AvgIpc) is 2.57. The van der Waals surface area contributed by atoms with Crippen molar-refractivity contribution in [1.82, 2.24) is 15.6 Å². The van der Waals surface area contributed by atoms with Crippen molar-refractivity contribution in [2.45, 2.75) is 13.5 Å². The third-order valence-corrected chi connectivity index (χ3v) is 2.61. The summed E-state index contributed by atoms with van der Waals surface area (Å²) in [7, 11) is 1.99. The van der Waals surface area contributed by atoms with E-state index in [9.17, 15) is 0 Å². The van der Waals surface area contributed by atoms with Crippen LogP contribution in [0.5, 0.6) is 0 Å². The van der Waals surface area contributed by atoms with Gasteiger partial charge in [-0.3, -0.25) is 4.98 Å². The summed E-state index contributed by atoms with van der Waals surface area (Å²) in [5.74, 6) is 0.679. The quantitative estimate of drug-likeness (QED) is 0.720. The van der Waals surface area contributed by atoms with Crippen LogP contribution < -0.4 is 10.6 Å². The molecular formula is C9H17N3S. The lowest BCUT2D eigenvalue weighted by Crippen LogP contribution is -2.27. The Labute approximate surface area is 83.6 Å². The van der Waals surface area contributed by atoms with Crippen LogP contribution in [0.2, 0.25) is 0 Å². The number of nitrogens with one attached hydrogen (secondary N) is 2. The summed E-state index contributed by atoms with van der Waals surface area (Å²) in [6, 6.07) is 0. The molecule has 0 radical (unpaired) electrons. The maximum Gasteiger partial charge on any atom is 0.0794 e. The van der Waals surface area contributed by atoms with Crippen molar-refractivity contribution in [2.75, 3.05) is 20.1 Å². The molecule has 2 N–H and O–H groups in total. The SMILES string of the molecule is CNCC(C)CNCc1cncs1. The van der Waals surface area contributed by atoms with Gasteiger partial charge in [0.2, 0.25) is 0 Å². The van der Waals surface area contributed by atoms with Crippen LogP contribution in [-0.2, 0) is 6.54 Å². The molecule has 1 aromatic rings. The predicted molar refractivity (Wildman–Crippen MR) is 56.9 cm³/mol. The van der Waals surface area contributed by atoms with Crippen LogP contribution in [0.4, 0.5) is 0 Å². The first-order valence-electron chi connectivity index (χ1n) is 4.55. The van der Waals surface area contributed by atoms with Gasteiger partial charge in [0, 0.05) is 17.6 Å². The monoisotopic (exact) mass is 199 g/mol. The highest BCUT2D eigenvalue weighted by Crippen LogP contribution is 2.04. The Kier molecular flexibility index (Phi) is 4.97. The van der Waals surface area contributed by atoms with E-state index in [1.165, 1.54) is 4.88 Å². The first-order valence-corrected chi connectivity index (χ1v) is 5.43. The molecule has 0 saturated carbocycles. The van der Waals surface area contributed by atoms with Crippen LogP contribution in [0.3, 0.4) is 0 Å². The Morgan fingerprint density at radius 1 is 1.54 bits per heavy atom. The van der Waals surface area contributed by atoms with Crippen molar-refractivity contribution in [2.24, 2.45) is 5.92 Å². The topological polar surface area (TPSA) is 37.0 Å². The number of nitrogens with zero attached hydrogens (tertiary/aromatic N) is 1. The first kappa shape index (κ1) is 10.6. The Hall–Kier alpha value is -0.450. The lowest BCUT2D eigenvalue weighted by atomic mass is 10.2. The second-order valence-electron chi connectivity index (χ2n) is 3.26. The fraction of sp³-hybridized carbons (Fsp3) is 0.667. The van der Waals surface area contributed by atoms with Crippen LogP contribution in [-0.4, -0.2) is 25.1 Å². The summed E-state index contributed by atoms with van der Waals surface area (Å²) in [5, 5.41) is 6.56. The van der Waals surface area contributed by atoms with E-state index in [2.05, 4.69) is 22.5 Å². The van der Waals surface area contributed by atoms with Crippen molar-refractivity contribution >= 4 is 11.3 Å². The van der Waals surface area contributed by atoms with Gasteiger partial charge in [0.1, 0.15) is 0 Å². The minimum atomic E-state index is 0.679. The zero-order valence-corrected chi connectivity index (χ0v) is 9.03. The molecule has 1 aromatic heterocycles. The summed E-state index contributed by atoms with van der Waals surface area (Å²) in [6.07, 6.45) is 1.92. The highest BCUT2D eigenvalue weighted by atomic mass is 32.1. The van der Waals surface area contributed by atoms with Crippen molar-refractivity contribution < 1.29 is 0 Å². The molecular weight excluding hydrogens is 182 g/mol. The minimum absolute atomic E-state index is 0.679. The molecule has 1 rings (SSSR count). The van der Waals surface area contributed by atoms with Crippen LogP contribution in [0.15, 0.2) is 11.7 Å². The van der Waals surface area contributed by atoms with E-state index in [1.54, 1.807) is 11.3 Å². The number of hydrogen-bond donors (Lipinski definition) is 2. The lowest BCUT2D eigenvalue weighted by Gasteiger charge is -2.10. The molecule has 0 amide bonds. The number of hydrogen-bond acceptors (Lipinski definition) is 4. The Morgan fingerprint density at radius 3 is 3.00 bits per heavy atom. The maximum absolute atomic E-state index is 4.02. The molecule has 1 heterocycles. The molecule has 0 aliphatic carbocycles. The van der Waals surface area contributed by atoms with Gasteiger partial charge in [0.25, 0.3) is 0 Å². The third-order valence-electron chi connectivity index (χ3n) is 1.83. The van der Waals surface area contributed by atoms with Crippen molar-refractivity contribution in [3.05, 3.63) is 16.6 Å². The highest BCUT2D eigenvalue weighted by molar-refractivity contribution is 7.09. The molecule has 1 atom stereocenters. The first-order chi connectivity index (χ1) is 6.33. The van der Waals surface area contributed by atoms with Gasteiger partial charge >= 0.3 is 0 Å². The maximum atomic E-state index is 4.02. The molecule has 1 unspecified atom stereocenters. The zero-order chi connectivity index (χ0) is 9.52. The molecule has 4 heteroatoms. The van der Waals surface area contributed by atoms with E-state index in [4.69, 9.17) is 0 Å². The van der Waals surface area contributed by atoms with Gasteiger partial charge in [-0.25, -0.2) is 0 Å². The summed E-state index contributed by atoms with van der Waals surface area (Å²) in [6.45, 7) is 5.29. The van der Waals surface area contributed by atoms with E-state index < -0.39 is 0 Å². The van der Waals surface area contributed by atoms with Crippen molar-refractivity contribution in [1.29, 1.82) is 0 Å². The predicted octanol–water partition coefficient (Wildman–Crippen LogP) is 1.09. The van der Waals surface area contributed by atoms with E-state index in [0.29, 0.717) is 5.92 Å². The van der Waals surface area contributed by atoms with Crippen LogP contribution >= 0.6 is 11.3 Å². The molecule has 0 bridgehead atoms. The van der Waals surface area contributed by atoms with Crippen LogP contribution in [0.1, 0.15) is 11.8 Å². The molecule has 0 aliphatic heterocycles. The average molecular weight is 199 g/mol. The Bertz CT molecular complexity index is 211. The third kappa shape index (κ3) is 4.36. The van der Waals surface area contributed by atoms with E-state index in [0.717, 1.165) is 19.6 Å². The Morgan fingerprint density at radius 2 is 2.38 bits per heavy atom. The molecule has 74 valence electrons.